The van der Waals surface area contributed by atoms with E-state index >= 15 is 0 Å². The van der Waals surface area contributed by atoms with E-state index in [4.69, 9.17) is 0 Å². The minimum Gasteiger partial charge on any atom is -0.355 e. The van der Waals surface area contributed by atoms with Crippen LogP contribution in [0.5, 0.6) is 0 Å². The minimum absolute atomic E-state index is 0.0343. The molecule has 0 atom stereocenters. The number of carbonyl (C=O) groups excluding carboxylic acids is 2. The van der Waals surface area contributed by atoms with Gasteiger partial charge in [-0.1, -0.05) is 45.6 Å². The van der Waals surface area contributed by atoms with Gasteiger partial charge in [-0.05, 0) is 30.5 Å². The van der Waals surface area contributed by atoms with Crippen LogP contribution < -0.4 is 10.6 Å². The highest BCUT2D eigenvalue weighted by atomic mass is 32.2. The number of rotatable bonds is 12. The third-order valence-electron chi connectivity index (χ3n) is 4.31. The van der Waals surface area contributed by atoms with E-state index in [0.717, 1.165) is 29.5 Å². The fourth-order valence-corrected chi connectivity index (χ4v) is 3.54. The van der Waals surface area contributed by atoms with Crippen molar-refractivity contribution in [3.63, 3.8) is 0 Å². The summed E-state index contributed by atoms with van der Waals surface area (Å²) in [5.41, 5.74) is 0.195. The molecule has 28 heavy (non-hydrogen) atoms. The zero-order valence-electron chi connectivity index (χ0n) is 17.3. The van der Waals surface area contributed by atoms with E-state index in [0.29, 0.717) is 6.54 Å². The molecule has 0 aliphatic rings. The van der Waals surface area contributed by atoms with Crippen molar-refractivity contribution in [1.82, 2.24) is 14.9 Å². The van der Waals surface area contributed by atoms with E-state index < -0.39 is 15.9 Å². The Kier molecular flexibility index (Phi) is 10.2. The van der Waals surface area contributed by atoms with Gasteiger partial charge in [0.05, 0.1) is 11.4 Å². The van der Waals surface area contributed by atoms with Crippen LogP contribution in [0.3, 0.4) is 0 Å². The SMILES string of the molecule is CC(C)CCCCCCNC(=O)CNC(=O)c1cccc(S(=O)(=O)N(C)C)c1. The van der Waals surface area contributed by atoms with Crippen LogP contribution in [0, 0.1) is 5.92 Å². The van der Waals surface area contributed by atoms with Crippen molar-refractivity contribution in [1.29, 1.82) is 0 Å². The third-order valence-corrected chi connectivity index (χ3v) is 6.13. The molecule has 0 radical (unpaired) electrons. The van der Waals surface area contributed by atoms with Gasteiger partial charge in [0.2, 0.25) is 15.9 Å². The van der Waals surface area contributed by atoms with Crippen LogP contribution in [-0.4, -0.2) is 51.7 Å². The molecule has 0 aliphatic carbocycles. The molecule has 2 N–H and O–H groups in total. The second kappa shape index (κ2) is 11.8. The highest BCUT2D eigenvalue weighted by Gasteiger charge is 2.18. The lowest BCUT2D eigenvalue weighted by molar-refractivity contribution is -0.120. The smallest absolute Gasteiger partial charge is 0.251 e. The molecular weight excluding hydrogens is 378 g/mol. The second-order valence-corrected chi connectivity index (χ2v) is 9.60. The fourth-order valence-electron chi connectivity index (χ4n) is 2.59. The average molecular weight is 412 g/mol. The molecule has 7 nitrogen and oxygen atoms in total. The predicted molar refractivity (Wildman–Crippen MR) is 111 cm³/mol. The van der Waals surface area contributed by atoms with Crippen LogP contribution in [0.15, 0.2) is 29.2 Å². The lowest BCUT2D eigenvalue weighted by Crippen LogP contribution is -2.37. The van der Waals surface area contributed by atoms with Crippen molar-refractivity contribution in [3.05, 3.63) is 29.8 Å². The minimum atomic E-state index is -3.62. The van der Waals surface area contributed by atoms with Gasteiger partial charge in [-0.15, -0.1) is 0 Å². The van der Waals surface area contributed by atoms with E-state index in [1.165, 1.54) is 51.2 Å². The summed E-state index contributed by atoms with van der Waals surface area (Å²) < 4.78 is 25.4. The van der Waals surface area contributed by atoms with Crippen LogP contribution in [0.1, 0.15) is 56.3 Å². The summed E-state index contributed by atoms with van der Waals surface area (Å²) in [5, 5.41) is 5.30. The number of hydrogen-bond donors (Lipinski definition) is 2. The summed E-state index contributed by atoms with van der Waals surface area (Å²) in [6.45, 7) is 4.88. The van der Waals surface area contributed by atoms with Gasteiger partial charge in [0.25, 0.3) is 5.91 Å². The molecule has 1 aromatic carbocycles. The van der Waals surface area contributed by atoms with E-state index in [-0.39, 0.29) is 22.9 Å². The van der Waals surface area contributed by atoms with Crippen molar-refractivity contribution < 1.29 is 18.0 Å². The second-order valence-electron chi connectivity index (χ2n) is 7.44. The monoisotopic (exact) mass is 411 g/mol. The zero-order chi connectivity index (χ0) is 21.2. The number of carbonyl (C=O) groups is 2. The lowest BCUT2D eigenvalue weighted by atomic mass is 10.0. The molecule has 0 aromatic heterocycles. The Labute approximate surface area is 168 Å². The Morgan fingerprint density at radius 1 is 1.04 bits per heavy atom. The Hall–Kier alpha value is -1.93. The van der Waals surface area contributed by atoms with Gasteiger partial charge < -0.3 is 10.6 Å². The van der Waals surface area contributed by atoms with Gasteiger partial charge in [-0.3, -0.25) is 9.59 Å². The maximum Gasteiger partial charge on any atom is 0.251 e. The van der Waals surface area contributed by atoms with E-state index in [9.17, 15) is 18.0 Å². The normalized spacial score (nSPS) is 11.6. The number of sulfonamides is 1. The molecular formula is C20H33N3O4S. The van der Waals surface area contributed by atoms with E-state index in [1.54, 1.807) is 0 Å². The van der Waals surface area contributed by atoms with Crippen molar-refractivity contribution in [2.45, 2.75) is 50.8 Å². The zero-order valence-corrected chi connectivity index (χ0v) is 18.1. The van der Waals surface area contributed by atoms with Crippen molar-refractivity contribution in [2.75, 3.05) is 27.2 Å². The first-order chi connectivity index (χ1) is 13.1. The Morgan fingerprint density at radius 3 is 2.36 bits per heavy atom. The highest BCUT2D eigenvalue weighted by Crippen LogP contribution is 2.14. The van der Waals surface area contributed by atoms with Crippen LogP contribution in [0.4, 0.5) is 0 Å². The number of hydrogen-bond acceptors (Lipinski definition) is 4. The molecule has 0 unspecified atom stereocenters. The van der Waals surface area contributed by atoms with E-state index in [2.05, 4.69) is 24.5 Å². The molecule has 8 heteroatoms. The van der Waals surface area contributed by atoms with Gasteiger partial charge in [-0.2, -0.15) is 0 Å². The van der Waals surface area contributed by atoms with Crippen LogP contribution >= 0.6 is 0 Å². The Bertz CT molecular complexity index is 746. The van der Waals surface area contributed by atoms with Gasteiger partial charge >= 0.3 is 0 Å². The van der Waals surface area contributed by atoms with Crippen molar-refractivity contribution in [2.24, 2.45) is 5.92 Å². The van der Waals surface area contributed by atoms with Gasteiger partial charge in [0.1, 0.15) is 0 Å². The molecule has 0 saturated carbocycles. The first kappa shape index (κ1) is 24.1. The highest BCUT2D eigenvalue weighted by molar-refractivity contribution is 7.89. The summed E-state index contributed by atoms with van der Waals surface area (Å²) in [4.78, 5) is 24.1. The van der Waals surface area contributed by atoms with Gasteiger partial charge in [0.15, 0.2) is 0 Å². The summed E-state index contributed by atoms with van der Waals surface area (Å²) in [7, 11) is -0.762. The number of unbranched alkanes of at least 4 members (excludes halogenated alkanes) is 3. The maximum absolute atomic E-state index is 12.2. The number of nitrogens with one attached hydrogen (secondary N) is 2. The summed E-state index contributed by atoms with van der Waals surface area (Å²) in [6.07, 6.45) is 5.60. The largest absolute Gasteiger partial charge is 0.355 e. The topological polar surface area (TPSA) is 95.6 Å². The van der Waals surface area contributed by atoms with Crippen LogP contribution in [-0.2, 0) is 14.8 Å². The van der Waals surface area contributed by atoms with Gasteiger partial charge in [0, 0.05) is 26.2 Å². The fraction of sp³-hybridized carbons (Fsp3) is 0.600. The first-order valence-corrected chi connectivity index (χ1v) is 11.2. The standard InChI is InChI=1S/C20H33N3O4S/c1-16(2)10-7-5-6-8-13-21-19(24)15-22-20(25)17-11-9-12-18(14-17)28(26,27)23(3)4/h9,11-12,14,16H,5-8,10,13,15H2,1-4H3,(H,21,24)(H,22,25). The molecule has 0 heterocycles. The molecule has 0 saturated heterocycles. The molecule has 0 aliphatic heterocycles. The Balaban J connectivity index is 2.37. The first-order valence-electron chi connectivity index (χ1n) is 9.72. The number of nitrogens with zero attached hydrogens (tertiary/aromatic N) is 1. The molecule has 158 valence electrons. The molecule has 0 fully saturated rings. The lowest BCUT2D eigenvalue weighted by Gasteiger charge is -2.12. The summed E-state index contributed by atoms with van der Waals surface area (Å²) >= 11 is 0. The average Bonchev–Trinajstić information content (AvgIpc) is 2.65. The summed E-state index contributed by atoms with van der Waals surface area (Å²) in [6, 6.07) is 5.75. The molecule has 2 amide bonds. The number of amides is 2. The van der Waals surface area contributed by atoms with Gasteiger partial charge in [-0.25, -0.2) is 12.7 Å². The predicted octanol–water partition coefficient (Wildman–Crippen LogP) is 2.39. The molecule has 0 bridgehead atoms. The van der Waals surface area contributed by atoms with Crippen molar-refractivity contribution in [3.8, 4) is 0 Å². The van der Waals surface area contributed by atoms with Crippen LogP contribution in [0.2, 0.25) is 0 Å². The maximum atomic E-state index is 12.2. The number of benzene rings is 1. The quantitative estimate of drug-likeness (QED) is 0.516. The third kappa shape index (κ3) is 8.39. The van der Waals surface area contributed by atoms with E-state index in [1.807, 2.05) is 0 Å². The molecule has 1 aromatic rings. The Morgan fingerprint density at radius 2 is 1.71 bits per heavy atom. The molecule has 1 rings (SSSR count). The molecule has 0 spiro atoms. The summed E-state index contributed by atoms with van der Waals surface area (Å²) in [5.74, 6) is -0.0146. The van der Waals surface area contributed by atoms with Crippen LogP contribution in [0.25, 0.3) is 0 Å². The van der Waals surface area contributed by atoms with Crippen molar-refractivity contribution >= 4 is 21.8 Å².